The standard InChI is InChI=1S/C22H20ClN7O/c1-4-20(31)25-15-6-5-7-16(11-15)26-21-17-10-14(23)8-9-18(17)27-22(29-21)28-19-12-24-30(3)13(19)2/h4-12H,1H2,2-3H3,(H,25,31)(H2,26,27,28,29). The van der Waals surface area contributed by atoms with Gasteiger partial charge < -0.3 is 16.0 Å². The zero-order valence-corrected chi connectivity index (χ0v) is 17.7. The van der Waals surface area contributed by atoms with E-state index in [1.165, 1.54) is 6.08 Å². The summed E-state index contributed by atoms with van der Waals surface area (Å²) in [6.07, 6.45) is 2.95. The number of nitrogens with zero attached hydrogens (tertiary/aromatic N) is 4. The molecule has 1 amide bonds. The van der Waals surface area contributed by atoms with E-state index in [0.717, 1.165) is 28.0 Å². The number of hydrogen-bond acceptors (Lipinski definition) is 6. The number of aryl methyl sites for hydroxylation is 1. The van der Waals surface area contributed by atoms with Crippen molar-refractivity contribution in [1.82, 2.24) is 19.7 Å². The van der Waals surface area contributed by atoms with Gasteiger partial charge in [0, 0.05) is 28.8 Å². The Bertz CT molecular complexity index is 1300. The molecule has 0 spiro atoms. The van der Waals surface area contributed by atoms with Crippen LogP contribution in [0.3, 0.4) is 0 Å². The number of carbonyl (C=O) groups is 1. The first kappa shape index (κ1) is 20.4. The fourth-order valence-corrected chi connectivity index (χ4v) is 3.17. The van der Waals surface area contributed by atoms with Gasteiger partial charge in [0.25, 0.3) is 0 Å². The maximum Gasteiger partial charge on any atom is 0.247 e. The molecule has 31 heavy (non-hydrogen) atoms. The molecular formula is C22H20ClN7O. The molecule has 0 saturated carbocycles. The molecule has 8 nitrogen and oxygen atoms in total. The number of anilines is 5. The second-order valence-corrected chi connectivity index (χ2v) is 7.29. The monoisotopic (exact) mass is 433 g/mol. The van der Waals surface area contributed by atoms with Crippen LogP contribution in [-0.2, 0) is 11.8 Å². The lowest BCUT2D eigenvalue weighted by atomic mass is 10.2. The van der Waals surface area contributed by atoms with Gasteiger partial charge in [0.2, 0.25) is 11.9 Å². The smallest absolute Gasteiger partial charge is 0.247 e. The predicted molar refractivity (Wildman–Crippen MR) is 124 cm³/mol. The molecule has 0 radical (unpaired) electrons. The first-order valence-corrected chi connectivity index (χ1v) is 9.84. The summed E-state index contributed by atoms with van der Waals surface area (Å²) in [5.41, 5.74) is 3.87. The largest absolute Gasteiger partial charge is 0.339 e. The molecule has 2 heterocycles. The second kappa shape index (κ2) is 8.45. The summed E-state index contributed by atoms with van der Waals surface area (Å²) in [5.74, 6) is 0.711. The van der Waals surface area contributed by atoms with E-state index in [4.69, 9.17) is 11.6 Å². The number of benzene rings is 2. The summed E-state index contributed by atoms with van der Waals surface area (Å²) in [6, 6.07) is 12.7. The number of fused-ring (bicyclic) bond motifs is 1. The first-order valence-electron chi connectivity index (χ1n) is 9.46. The van der Waals surface area contributed by atoms with Crippen molar-refractivity contribution in [3.05, 3.63) is 72.0 Å². The molecule has 0 aliphatic carbocycles. The normalized spacial score (nSPS) is 10.7. The molecule has 9 heteroatoms. The number of amides is 1. The summed E-state index contributed by atoms with van der Waals surface area (Å²) < 4.78 is 1.77. The van der Waals surface area contributed by atoms with Crippen LogP contribution in [0, 0.1) is 6.92 Å². The van der Waals surface area contributed by atoms with Gasteiger partial charge in [-0.3, -0.25) is 9.48 Å². The number of carbonyl (C=O) groups excluding carboxylic acids is 1. The van der Waals surface area contributed by atoms with Crippen LogP contribution in [0.1, 0.15) is 5.69 Å². The highest BCUT2D eigenvalue weighted by Gasteiger charge is 2.12. The fourth-order valence-electron chi connectivity index (χ4n) is 3.00. The highest BCUT2D eigenvalue weighted by atomic mass is 35.5. The Labute approximate surface area is 184 Å². The van der Waals surface area contributed by atoms with E-state index in [1.54, 1.807) is 29.1 Å². The lowest BCUT2D eigenvalue weighted by Gasteiger charge is -2.13. The Kier molecular flexibility index (Phi) is 5.55. The summed E-state index contributed by atoms with van der Waals surface area (Å²) in [4.78, 5) is 20.9. The molecular weight excluding hydrogens is 414 g/mol. The third-order valence-electron chi connectivity index (χ3n) is 4.72. The Morgan fingerprint density at radius 1 is 1.13 bits per heavy atom. The van der Waals surface area contributed by atoms with Gasteiger partial charge in [-0.15, -0.1) is 0 Å². The number of nitrogens with one attached hydrogen (secondary N) is 3. The molecule has 0 atom stereocenters. The predicted octanol–water partition coefficient (Wildman–Crippen LogP) is 4.94. The Morgan fingerprint density at radius 3 is 2.68 bits per heavy atom. The number of rotatable bonds is 6. The van der Waals surface area contributed by atoms with Gasteiger partial charge in [0.05, 0.1) is 23.1 Å². The van der Waals surface area contributed by atoms with Gasteiger partial charge >= 0.3 is 0 Å². The first-order chi connectivity index (χ1) is 14.9. The summed E-state index contributed by atoms with van der Waals surface area (Å²) in [7, 11) is 1.87. The van der Waals surface area contributed by atoms with Crippen LogP contribution in [0.25, 0.3) is 10.9 Å². The Hall–Kier alpha value is -3.91. The van der Waals surface area contributed by atoms with Crippen LogP contribution >= 0.6 is 11.6 Å². The van der Waals surface area contributed by atoms with Crippen molar-refractivity contribution in [2.24, 2.45) is 7.05 Å². The topological polar surface area (TPSA) is 96.8 Å². The van der Waals surface area contributed by atoms with Crippen molar-refractivity contribution in [2.45, 2.75) is 6.92 Å². The average molecular weight is 434 g/mol. The van der Waals surface area contributed by atoms with Crippen LogP contribution in [0.2, 0.25) is 5.02 Å². The molecule has 2 aromatic carbocycles. The zero-order valence-electron chi connectivity index (χ0n) is 17.0. The SMILES string of the molecule is C=CC(=O)Nc1cccc(Nc2nc(Nc3cnn(C)c3C)nc3ccc(Cl)cc23)c1. The molecule has 2 aromatic heterocycles. The van der Waals surface area contributed by atoms with Gasteiger partial charge in [0.1, 0.15) is 5.82 Å². The van der Waals surface area contributed by atoms with Gasteiger partial charge in [-0.2, -0.15) is 10.1 Å². The van der Waals surface area contributed by atoms with Crippen molar-refractivity contribution >= 4 is 57.2 Å². The molecule has 0 aliphatic rings. The van der Waals surface area contributed by atoms with Gasteiger partial charge in [-0.05, 0) is 49.4 Å². The number of aromatic nitrogens is 4. The van der Waals surface area contributed by atoms with Crippen LogP contribution < -0.4 is 16.0 Å². The van der Waals surface area contributed by atoms with Crippen molar-refractivity contribution in [3.63, 3.8) is 0 Å². The van der Waals surface area contributed by atoms with Crippen molar-refractivity contribution < 1.29 is 4.79 Å². The maximum atomic E-state index is 11.6. The van der Waals surface area contributed by atoms with E-state index >= 15 is 0 Å². The van der Waals surface area contributed by atoms with E-state index in [0.29, 0.717) is 22.5 Å². The molecule has 0 saturated heterocycles. The van der Waals surface area contributed by atoms with Crippen LogP contribution in [0.4, 0.5) is 28.8 Å². The summed E-state index contributed by atoms with van der Waals surface area (Å²) >= 11 is 6.22. The van der Waals surface area contributed by atoms with Crippen molar-refractivity contribution in [1.29, 1.82) is 0 Å². The van der Waals surface area contributed by atoms with Crippen molar-refractivity contribution in [3.8, 4) is 0 Å². The minimum absolute atomic E-state index is 0.283. The fraction of sp³-hybridized carbons (Fsp3) is 0.0909. The quantitative estimate of drug-likeness (QED) is 0.373. The van der Waals surface area contributed by atoms with E-state index in [2.05, 4.69) is 37.6 Å². The highest BCUT2D eigenvalue weighted by molar-refractivity contribution is 6.31. The molecule has 0 fully saturated rings. The maximum absolute atomic E-state index is 11.6. The van der Waals surface area contributed by atoms with Crippen LogP contribution in [-0.4, -0.2) is 25.7 Å². The van der Waals surface area contributed by atoms with Crippen LogP contribution in [0.5, 0.6) is 0 Å². The van der Waals surface area contributed by atoms with E-state index in [9.17, 15) is 4.79 Å². The third-order valence-corrected chi connectivity index (χ3v) is 4.95. The summed E-state index contributed by atoms with van der Waals surface area (Å²) in [6.45, 7) is 5.43. The van der Waals surface area contributed by atoms with E-state index < -0.39 is 0 Å². The molecule has 4 rings (SSSR count). The van der Waals surface area contributed by atoms with E-state index in [-0.39, 0.29) is 5.91 Å². The van der Waals surface area contributed by atoms with E-state index in [1.807, 2.05) is 38.2 Å². The molecule has 3 N–H and O–H groups in total. The molecule has 0 bridgehead atoms. The zero-order chi connectivity index (χ0) is 22.0. The lowest BCUT2D eigenvalue weighted by molar-refractivity contribution is -0.111. The molecule has 0 aliphatic heterocycles. The Balaban J connectivity index is 1.72. The van der Waals surface area contributed by atoms with Crippen molar-refractivity contribution in [2.75, 3.05) is 16.0 Å². The number of halogens is 1. The minimum Gasteiger partial charge on any atom is -0.339 e. The summed E-state index contributed by atoms with van der Waals surface area (Å²) in [5, 5.41) is 14.9. The second-order valence-electron chi connectivity index (χ2n) is 6.85. The highest BCUT2D eigenvalue weighted by Crippen LogP contribution is 2.29. The Morgan fingerprint density at radius 2 is 1.94 bits per heavy atom. The van der Waals surface area contributed by atoms with Crippen LogP contribution in [0.15, 0.2) is 61.3 Å². The third kappa shape index (κ3) is 4.49. The average Bonchev–Trinajstić information content (AvgIpc) is 3.06. The van der Waals surface area contributed by atoms with Gasteiger partial charge in [-0.1, -0.05) is 24.2 Å². The lowest BCUT2D eigenvalue weighted by Crippen LogP contribution is -2.07. The molecule has 0 unspecified atom stereocenters. The molecule has 156 valence electrons. The minimum atomic E-state index is -0.283. The van der Waals surface area contributed by atoms with Gasteiger partial charge in [-0.25, -0.2) is 4.98 Å². The molecule has 4 aromatic rings. The van der Waals surface area contributed by atoms with Gasteiger partial charge in [0.15, 0.2) is 0 Å². The number of hydrogen-bond donors (Lipinski definition) is 3.